The Labute approximate surface area is 84.3 Å². The summed E-state index contributed by atoms with van der Waals surface area (Å²) in [4.78, 5) is 10.6. The highest BCUT2D eigenvalue weighted by Gasteiger charge is 2.35. The van der Waals surface area contributed by atoms with Crippen LogP contribution in [0.4, 0.5) is 0 Å². The molecule has 2 fully saturated rings. The SMILES string of the molecule is Cl.O=C(O)C1CCC(C2CCC2)N1. The maximum atomic E-state index is 10.6. The van der Waals surface area contributed by atoms with Crippen LogP contribution in [0.25, 0.3) is 0 Å². The number of aliphatic carboxylic acids is 1. The highest BCUT2D eigenvalue weighted by molar-refractivity contribution is 5.85. The molecule has 2 unspecified atom stereocenters. The van der Waals surface area contributed by atoms with Gasteiger partial charge in [0.2, 0.25) is 0 Å². The first-order chi connectivity index (χ1) is 5.77. The molecule has 0 aromatic carbocycles. The standard InChI is InChI=1S/C9H15NO2.ClH/c11-9(12)8-5-4-7(10-8)6-2-1-3-6;/h6-8,10H,1-5H2,(H,11,12);1H. The van der Waals surface area contributed by atoms with Gasteiger partial charge in [0.25, 0.3) is 0 Å². The second-order valence-corrected chi connectivity index (χ2v) is 3.93. The van der Waals surface area contributed by atoms with Gasteiger partial charge in [0.05, 0.1) is 0 Å². The average Bonchev–Trinajstić information content (AvgIpc) is 2.32. The minimum absolute atomic E-state index is 0. The van der Waals surface area contributed by atoms with E-state index >= 15 is 0 Å². The van der Waals surface area contributed by atoms with Crippen molar-refractivity contribution >= 4 is 18.4 Å². The Hall–Kier alpha value is -0.280. The molecule has 1 saturated heterocycles. The number of hydrogen-bond donors (Lipinski definition) is 2. The van der Waals surface area contributed by atoms with Gasteiger partial charge in [-0.15, -0.1) is 12.4 Å². The summed E-state index contributed by atoms with van der Waals surface area (Å²) in [5.74, 6) is 0.0890. The monoisotopic (exact) mass is 205 g/mol. The molecule has 2 N–H and O–H groups in total. The number of carboxylic acid groups (broad SMARTS) is 1. The number of rotatable bonds is 2. The van der Waals surface area contributed by atoms with Crippen LogP contribution in [0.1, 0.15) is 32.1 Å². The quantitative estimate of drug-likeness (QED) is 0.717. The molecule has 2 rings (SSSR count). The van der Waals surface area contributed by atoms with Gasteiger partial charge in [0.1, 0.15) is 6.04 Å². The minimum atomic E-state index is -0.683. The van der Waals surface area contributed by atoms with Gasteiger partial charge in [-0.1, -0.05) is 6.42 Å². The van der Waals surface area contributed by atoms with Crippen molar-refractivity contribution < 1.29 is 9.90 Å². The Bertz CT molecular complexity index is 194. The van der Waals surface area contributed by atoms with E-state index in [-0.39, 0.29) is 18.4 Å². The highest BCUT2D eigenvalue weighted by atomic mass is 35.5. The van der Waals surface area contributed by atoms with Crippen LogP contribution in [-0.4, -0.2) is 23.2 Å². The Morgan fingerprint density at radius 2 is 1.92 bits per heavy atom. The van der Waals surface area contributed by atoms with Crippen molar-refractivity contribution in [2.45, 2.75) is 44.2 Å². The zero-order valence-electron chi connectivity index (χ0n) is 7.53. The van der Waals surface area contributed by atoms with E-state index in [0.29, 0.717) is 6.04 Å². The summed E-state index contributed by atoms with van der Waals surface area (Å²) in [5.41, 5.74) is 0. The number of carboxylic acids is 1. The summed E-state index contributed by atoms with van der Waals surface area (Å²) in [5, 5.41) is 11.9. The third-order valence-corrected chi connectivity index (χ3v) is 3.20. The zero-order chi connectivity index (χ0) is 8.55. The van der Waals surface area contributed by atoms with E-state index in [4.69, 9.17) is 5.11 Å². The van der Waals surface area contributed by atoms with Crippen LogP contribution in [0.2, 0.25) is 0 Å². The van der Waals surface area contributed by atoms with Gasteiger partial charge in [-0.25, -0.2) is 0 Å². The van der Waals surface area contributed by atoms with Gasteiger partial charge in [-0.05, 0) is 31.6 Å². The maximum absolute atomic E-state index is 10.6. The highest BCUT2D eigenvalue weighted by Crippen LogP contribution is 2.34. The summed E-state index contributed by atoms with van der Waals surface area (Å²) in [6.45, 7) is 0. The lowest BCUT2D eigenvalue weighted by molar-refractivity contribution is -0.139. The molecule has 76 valence electrons. The van der Waals surface area contributed by atoms with Crippen molar-refractivity contribution in [1.82, 2.24) is 5.32 Å². The third kappa shape index (κ3) is 2.15. The van der Waals surface area contributed by atoms with Gasteiger partial charge in [-0.2, -0.15) is 0 Å². The summed E-state index contributed by atoms with van der Waals surface area (Å²) in [6, 6.07) is 0.232. The van der Waals surface area contributed by atoms with E-state index in [9.17, 15) is 4.79 Å². The average molecular weight is 206 g/mol. The van der Waals surface area contributed by atoms with Crippen LogP contribution in [0.15, 0.2) is 0 Å². The second-order valence-electron chi connectivity index (χ2n) is 3.93. The molecule has 4 heteroatoms. The molecule has 0 radical (unpaired) electrons. The summed E-state index contributed by atoms with van der Waals surface area (Å²) >= 11 is 0. The Balaban J connectivity index is 0.000000845. The molecule has 0 aromatic rings. The van der Waals surface area contributed by atoms with Crippen LogP contribution >= 0.6 is 12.4 Å². The Morgan fingerprint density at radius 1 is 1.23 bits per heavy atom. The molecular formula is C9H16ClNO2. The third-order valence-electron chi connectivity index (χ3n) is 3.20. The van der Waals surface area contributed by atoms with Crippen molar-refractivity contribution in [1.29, 1.82) is 0 Å². The van der Waals surface area contributed by atoms with Crippen molar-refractivity contribution in [2.75, 3.05) is 0 Å². The van der Waals surface area contributed by atoms with Crippen LogP contribution in [-0.2, 0) is 4.79 Å². The largest absolute Gasteiger partial charge is 0.480 e. The van der Waals surface area contributed by atoms with Crippen molar-refractivity contribution in [3.05, 3.63) is 0 Å². The molecule has 2 atom stereocenters. The van der Waals surface area contributed by atoms with Crippen molar-refractivity contribution in [3.63, 3.8) is 0 Å². The number of carbonyl (C=O) groups is 1. The first kappa shape index (κ1) is 10.8. The van der Waals surface area contributed by atoms with Gasteiger partial charge in [-0.3, -0.25) is 4.79 Å². The Kier molecular flexibility index (Phi) is 3.56. The van der Waals surface area contributed by atoms with Gasteiger partial charge in [0, 0.05) is 6.04 Å². The summed E-state index contributed by atoms with van der Waals surface area (Å²) in [7, 11) is 0. The van der Waals surface area contributed by atoms with E-state index < -0.39 is 5.97 Å². The molecule has 13 heavy (non-hydrogen) atoms. The van der Waals surface area contributed by atoms with Gasteiger partial charge in [0.15, 0.2) is 0 Å². The number of halogens is 1. The fourth-order valence-electron chi connectivity index (χ4n) is 2.18. The van der Waals surface area contributed by atoms with Crippen LogP contribution < -0.4 is 5.32 Å². The predicted molar refractivity (Wildman–Crippen MR) is 52.2 cm³/mol. The topological polar surface area (TPSA) is 49.3 Å². The van der Waals surface area contributed by atoms with E-state index in [1.165, 1.54) is 19.3 Å². The Morgan fingerprint density at radius 3 is 2.31 bits per heavy atom. The fraction of sp³-hybridized carbons (Fsp3) is 0.889. The normalized spacial score (nSPS) is 33.5. The molecule has 0 spiro atoms. The minimum Gasteiger partial charge on any atom is -0.480 e. The zero-order valence-corrected chi connectivity index (χ0v) is 8.35. The van der Waals surface area contributed by atoms with E-state index in [1.807, 2.05) is 0 Å². The molecule has 1 saturated carbocycles. The van der Waals surface area contributed by atoms with Crippen molar-refractivity contribution in [2.24, 2.45) is 5.92 Å². The van der Waals surface area contributed by atoms with Crippen LogP contribution in [0.5, 0.6) is 0 Å². The van der Waals surface area contributed by atoms with E-state index in [1.54, 1.807) is 0 Å². The summed E-state index contributed by atoms with van der Waals surface area (Å²) in [6.07, 6.45) is 5.80. The second kappa shape index (κ2) is 4.29. The molecular weight excluding hydrogens is 190 g/mol. The van der Waals surface area contributed by atoms with Crippen LogP contribution in [0, 0.1) is 5.92 Å². The molecule has 1 aliphatic carbocycles. The smallest absolute Gasteiger partial charge is 0.320 e. The first-order valence-corrected chi connectivity index (χ1v) is 4.76. The summed E-state index contributed by atoms with van der Waals surface area (Å²) < 4.78 is 0. The molecule has 1 heterocycles. The van der Waals surface area contributed by atoms with Gasteiger partial charge >= 0.3 is 5.97 Å². The molecule has 2 aliphatic rings. The van der Waals surface area contributed by atoms with E-state index in [0.717, 1.165) is 18.8 Å². The molecule has 0 aromatic heterocycles. The first-order valence-electron chi connectivity index (χ1n) is 4.76. The lowest BCUT2D eigenvalue weighted by atomic mass is 9.79. The lowest BCUT2D eigenvalue weighted by Gasteiger charge is -2.31. The number of hydrogen-bond acceptors (Lipinski definition) is 2. The number of nitrogens with one attached hydrogen (secondary N) is 1. The molecule has 1 aliphatic heterocycles. The van der Waals surface area contributed by atoms with Gasteiger partial charge < -0.3 is 10.4 Å². The molecule has 0 amide bonds. The molecule has 3 nitrogen and oxygen atoms in total. The van der Waals surface area contributed by atoms with Crippen LogP contribution in [0.3, 0.4) is 0 Å². The maximum Gasteiger partial charge on any atom is 0.320 e. The van der Waals surface area contributed by atoms with Crippen molar-refractivity contribution in [3.8, 4) is 0 Å². The van der Waals surface area contributed by atoms with E-state index in [2.05, 4.69) is 5.32 Å². The molecule has 0 bridgehead atoms. The predicted octanol–water partition coefficient (Wildman–Crippen LogP) is 1.41. The fourth-order valence-corrected chi connectivity index (χ4v) is 2.18. The lowest BCUT2D eigenvalue weighted by Crippen LogP contribution is -2.41.